The normalized spacial score (nSPS) is 14.7. The Bertz CT molecular complexity index is 2900. The van der Waals surface area contributed by atoms with Crippen LogP contribution in [-0.2, 0) is 17.6 Å². The molecule has 2 aliphatic rings. The zero-order valence-electron chi connectivity index (χ0n) is 33.6. The van der Waals surface area contributed by atoms with Crippen LogP contribution in [0, 0.1) is 0 Å². The molecule has 0 bridgehead atoms. The van der Waals surface area contributed by atoms with Crippen LogP contribution in [0.15, 0.2) is 218 Å². The van der Waals surface area contributed by atoms with Crippen LogP contribution in [0.4, 0.5) is 0 Å². The molecular formula is C57H44N2O. The summed E-state index contributed by atoms with van der Waals surface area (Å²) < 4.78 is 6.60. The van der Waals surface area contributed by atoms with Crippen LogP contribution in [0.2, 0.25) is 0 Å². The lowest BCUT2D eigenvalue weighted by Gasteiger charge is -2.39. The lowest BCUT2D eigenvalue weighted by atomic mass is 9.64. The Morgan fingerprint density at radius 3 is 1.80 bits per heavy atom. The van der Waals surface area contributed by atoms with E-state index in [0.717, 1.165) is 61.5 Å². The average Bonchev–Trinajstić information content (AvgIpc) is 3.62. The molecule has 3 heteroatoms. The Balaban J connectivity index is 1.15. The highest BCUT2D eigenvalue weighted by Gasteiger charge is 2.49. The van der Waals surface area contributed by atoms with Crippen molar-refractivity contribution in [3.63, 3.8) is 0 Å². The Morgan fingerprint density at radius 2 is 1.12 bits per heavy atom. The minimum atomic E-state index is -0.744. The maximum absolute atomic E-state index is 6.60. The SMILES string of the molecule is C=N/C(=C\C(NC)(c1ccccc1)c1cccc(-c2ccc3c(c2)C2(C(=C)c4ccccc4OC3)c3ccccc3-c3ccccc32)c1)c1ccc(-c2ccccc2)cc1. The summed E-state index contributed by atoms with van der Waals surface area (Å²) >= 11 is 0. The number of aliphatic imine (C=N–C) groups is 1. The summed E-state index contributed by atoms with van der Waals surface area (Å²) in [5.74, 6) is 0.851. The van der Waals surface area contributed by atoms with E-state index in [9.17, 15) is 0 Å². The summed E-state index contributed by atoms with van der Waals surface area (Å²) in [7, 11) is 2.02. The lowest BCUT2D eigenvalue weighted by Crippen LogP contribution is -2.39. The van der Waals surface area contributed by atoms with Crippen LogP contribution in [0.25, 0.3) is 44.7 Å². The van der Waals surface area contributed by atoms with Gasteiger partial charge in [0.1, 0.15) is 12.4 Å². The van der Waals surface area contributed by atoms with E-state index in [1.807, 2.05) is 19.2 Å². The third-order valence-corrected chi connectivity index (χ3v) is 12.6. The van der Waals surface area contributed by atoms with Crippen molar-refractivity contribution < 1.29 is 4.74 Å². The fraction of sp³-hybridized carbons (Fsp3) is 0.0702. The molecular weight excluding hydrogens is 729 g/mol. The summed E-state index contributed by atoms with van der Waals surface area (Å²) in [5.41, 5.74) is 16.4. The third kappa shape index (κ3) is 5.89. The lowest BCUT2D eigenvalue weighted by molar-refractivity contribution is 0.301. The number of nitrogens with zero attached hydrogens (tertiary/aromatic N) is 1. The molecule has 1 aliphatic heterocycles. The molecule has 0 amide bonds. The van der Waals surface area contributed by atoms with Gasteiger partial charge in [-0.15, -0.1) is 0 Å². The first-order valence-electron chi connectivity index (χ1n) is 20.5. The number of ether oxygens (including phenoxy) is 1. The predicted molar refractivity (Wildman–Crippen MR) is 249 cm³/mol. The summed E-state index contributed by atoms with van der Waals surface area (Å²) in [6.07, 6.45) is 2.21. The molecule has 288 valence electrons. The van der Waals surface area contributed by atoms with Crippen LogP contribution < -0.4 is 10.1 Å². The molecule has 1 aliphatic carbocycles. The smallest absolute Gasteiger partial charge is 0.127 e. The van der Waals surface area contributed by atoms with E-state index in [1.54, 1.807) is 0 Å². The minimum absolute atomic E-state index is 0.442. The van der Waals surface area contributed by atoms with Gasteiger partial charge in [-0.3, -0.25) is 4.99 Å². The van der Waals surface area contributed by atoms with Crippen LogP contribution in [0.1, 0.15) is 44.5 Å². The van der Waals surface area contributed by atoms with Crippen molar-refractivity contribution in [3.05, 3.63) is 257 Å². The van der Waals surface area contributed by atoms with Crippen molar-refractivity contribution in [2.45, 2.75) is 17.6 Å². The number of para-hydroxylation sites is 1. The van der Waals surface area contributed by atoms with E-state index in [0.29, 0.717) is 6.61 Å². The molecule has 0 saturated carbocycles. The molecule has 1 atom stereocenters. The first kappa shape index (κ1) is 37.0. The quantitative estimate of drug-likeness (QED) is 0.156. The molecule has 8 aromatic rings. The molecule has 0 saturated heterocycles. The highest BCUT2D eigenvalue weighted by molar-refractivity contribution is 5.97. The van der Waals surface area contributed by atoms with Crippen molar-refractivity contribution in [2.75, 3.05) is 7.05 Å². The monoisotopic (exact) mass is 772 g/mol. The number of likely N-dealkylation sites (N-methyl/N-ethyl adjacent to an activating group) is 1. The number of benzene rings is 8. The number of hydrogen-bond donors (Lipinski definition) is 1. The van der Waals surface area contributed by atoms with Gasteiger partial charge in [0.2, 0.25) is 0 Å². The number of allylic oxidation sites excluding steroid dienone is 1. The zero-order valence-corrected chi connectivity index (χ0v) is 33.6. The second kappa shape index (κ2) is 15.1. The summed E-state index contributed by atoms with van der Waals surface area (Å²) in [6.45, 7) is 9.46. The van der Waals surface area contributed by atoms with E-state index in [4.69, 9.17) is 11.3 Å². The third-order valence-electron chi connectivity index (χ3n) is 12.6. The van der Waals surface area contributed by atoms with Gasteiger partial charge < -0.3 is 10.1 Å². The standard InChI is InChI=1S/C57H44N2O/c1-39-48-23-12-15-28-55(48)60-38-45-34-33-44(36-53(45)57(39)51-26-13-10-24-49(51)50-25-11-14-27-52(50)57)43-19-16-22-47(35-43)56(59-3,46-20-8-5-9-21-46)37-54(58-2)42-31-29-41(30-32-42)40-17-6-4-7-18-40/h4-37,59H,1-2,38H2,3H3/b54-37-. The fourth-order valence-corrected chi connectivity index (χ4v) is 9.67. The van der Waals surface area contributed by atoms with Gasteiger partial charge in [-0.25, -0.2) is 0 Å². The van der Waals surface area contributed by atoms with Gasteiger partial charge in [-0.1, -0.05) is 189 Å². The Morgan fingerprint density at radius 1 is 0.567 bits per heavy atom. The molecule has 0 radical (unpaired) electrons. The topological polar surface area (TPSA) is 33.6 Å². The number of fused-ring (bicyclic) bond motifs is 8. The van der Waals surface area contributed by atoms with Gasteiger partial charge in [0, 0.05) is 5.56 Å². The first-order valence-corrected chi connectivity index (χ1v) is 20.5. The van der Waals surface area contributed by atoms with E-state index in [1.165, 1.54) is 33.4 Å². The van der Waals surface area contributed by atoms with Crippen LogP contribution in [0.3, 0.4) is 0 Å². The van der Waals surface area contributed by atoms with Gasteiger partial charge in [0.25, 0.3) is 0 Å². The molecule has 0 aromatic heterocycles. The van der Waals surface area contributed by atoms with Gasteiger partial charge in [0.15, 0.2) is 0 Å². The summed E-state index contributed by atoms with van der Waals surface area (Å²) in [4.78, 5) is 4.64. The molecule has 1 spiro atoms. The molecule has 60 heavy (non-hydrogen) atoms. The highest BCUT2D eigenvalue weighted by atomic mass is 16.5. The molecule has 0 fully saturated rings. The summed E-state index contributed by atoms with van der Waals surface area (Å²) in [6, 6.07) is 71.4. The van der Waals surface area contributed by atoms with E-state index >= 15 is 0 Å². The zero-order chi connectivity index (χ0) is 40.7. The van der Waals surface area contributed by atoms with Gasteiger partial charge in [-0.05, 0) is 116 Å². The van der Waals surface area contributed by atoms with Crippen molar-refractivity contribution in [1.29, 1.82) is 0 Å². The molecule has 1 unspecified atom stereocenters. The number of nitrogens with one attached hydrogen (secondary N) is 1. The fourth-order valence-electron chi connectivity index (χ4n) is 9.67. The Labute approximate surface area is 352 Å². The molecule has 1 N–H and O–H groups in total. The molecule has 8 aromatic carbocycles. The van der Waals surface area contributed by atoms with Crippen LogP contribution >= 0.6 is 0 Å². The largest absolute Gasteiger partial charge is 0.488 e. The summed E-state index contributed by atoms with van der Waals surface area (Å²) in [5, 5.41) is 3.75. The van der Waals surface area contributed by atoms with Crippen molar-refractivity contribution in [2.24, 2.45) is 4.99 Å². The maximum atomic E-state index is 6.60. The van der Waals surface area contributed by atoms with Gasteiger partial charge in [0.05, 0.1) is 16.7 Å². The van der Waals surface area contributed by atoms with Crippen LogP contribution in [0.5, 0.6) is 5.75 Å². The highest BCUT2D eigenvalue weighted by Crippen LogP contribution is 2.60. The van der Waals surface area contributed by atoms with Crippen LogP contribution in [-0.4, -0.2) is 13.8 Å². The van der Waals surface area contributed by atoms with Gasteiger partial charge in [-0.2, -0.15) is 0 Å². The maximum Gasteiger partial charge on any atom is 0.127 e. The van der Waals surface area contributed by atoms with E-state index in [-0.39, 0.29) is 0 Å². The molecule has 1 heterocycles. The number of hydrogen-bond acceptors (Lipinski definition) is 3. The van der Waals surface area contributed by atoms with Crippen molar-refractivity contribution >= 4 is 18.0 Å². The first-order chi connectivity index (χ1) is 29.5. The van der Waals surface area contributed by atoms with E-state index < -0.39 is 11.0 Å². The number of rotatable bonds is 8. The van der Waals surface area contributed by atoms with Gasteiger partial charge >= 0.3 is 0 Å². The van der Waals surface area contributed by atoms with E-state index in [2.05, 4.69) is 211 Å². The Hall–Kier alpha value is -7.33. The van der Waals surface area contributed by atoms with Crippen molar-refractivity contribution in [3.8, 4) is 39.1 Å². The minimum Gasteiger partial charge on any atom is -0.488 e. The molecule has 3 nitrogen and oxygen atoms in total. The average molecular weight is 773 g/mol. The second-order valence-electron chi connectivity index (χ2n) is 15.6. The second-order valence-corrected chi connectivity index (χ2v) is 15.6. The van der Waals surface area contributed by atoms with Crippen molar-refractivity contribution in [1.82, 2.24) is 5.32 Å². The predicted octanol–water partition coefficient (Wildman–Crippen LogP) is 13.1. The molecule has 10 rings (SSSR count). The Kier molecular flexibility index (Phi) is 9.32.